The molecular formula is C16H20ClN5O8. The van der Waals surface area contributed by atoms with Gasteiger partial charge in [-0.05, 0) is 20.8 Å². The van der Waals surface area contributed by atoms with Gasteiger partial charge in [0.1, 0.15) is 11.9 Å². The first kappa shape index (κ1) is 22.3. The molecule has 2 aliphatic heterocycles. The van der Waals surface area contributed by atoms with Crippen LogP contribution in [-0.4, -0.2) is 77.2 Å². The van der Waals surface area contributed by atoms with E-state index < -0.39 is 58.1 Å². The molecular weight excluding hydrogens is 426 g/mol. The van der Waals surface area contributed by atoms with E-state index in [2.05, 4.69) is 15.3 Å². The fraction of sp³-hybridized carbons (Fsp3) is 0.562. The zero-order valence-electron chi connectivity index (χ0n) is 16.1. The quantitative estimate of drug-likeness (QED) is 0.202. The van der Waals surface area contributed by atoms with E-state index in [1.54, 1.807) is 0 Å². The summed E-state index contributed by atoms with van der Waals surface area (Å²) in [5.41, 5.74) is -3.79. The van der Waals surface area contributed by atoms with E-state index in [0.29, 0.717) is 0 Å². The smallest absolute Gasteiger partial charge is 0.285 e. The summed E-state index contributed by atoms with van der Waals surface area (Å²) in [7, 11) is 0. The number of carbonyl (C=O) groups is 3. The first-order chi connectivity index (χ1) is 13.7. The number of guanidine groups is 1. The molecule has 0 saturated carbocycles. The molecule has 0 bridgehead atoms. The lowest BCUT2D eigenvalue weighted by Crippen LogP contribution is -2.72. The predicted molar refractivity (Wildman–Crippen MR) is 99.1 cm³/mol. The number of imidazole rings is 1. The van der Waals surface area contributed by atoms with Gasteiger partial charge in [0.05, 0.1) is 12.9 Å². The lowest BCUT2D eigenvalue weighted by Gasteiger charge is -2.43. The van der Waals surface area contributed by atoms with Crippen molar-refractivity contribution in [2.75, 3.05) is 11.9 Å². The molecule has 3 heterocycles. The van der Waals surface area contributed by atoms with E-state index in [-0.39, 0.29) is 11.5 Å². The highest BCUT2D eigenvalue weighted by Crippen LogP contribution is 2.53. The van der Waals surface area contributed by atoms with Gasteiger partial charge in [-0.2, -0.15) is 4.99 Å². The van der Waals surface area contributed by atoms with Gasteiger partial charge in [0.15, 0.2) is 34.6 Å². The van der Waals surface area contributed by atoms with Gasteiger partial charge in [-0.3, -0.25) is 19.0 Å². The average Bonchev–Trinajstić information content (AvgIpc) is 3.13. The Morgan fingerprint density at radius 3 is 2.30 bits per heavy atom. The second-order valence-electron chi connectivity index (χ2n) is 7.10. The summed E-state index contributed by atoms with van der Waals surface area (Å²) in [6.45, 7) is 1.58. The molecule has 5 atom stereocenters. The van der Waals surface area contributed by atoms with Gasteiger partial charge in [-0.1, -0.05) is 11.6 Å². The van der Waals surface area contributed by atoms with E-state index in [4.69, 9.17) is 22.1 Å². The van der Waals surface area contributed by atoms with E-state index in [9.17, 15) is 34.8 Å². The monoisotopic (exact) mass is 445 g/mol. The fourth-order valence-corrected chi connectivity index (χ4v) is 4.29. The number of aliphatic hydroxyl groups excluding tert-OH is 1. The van der Waals surface area contributed by atoms with Crippen LogP contribution in [0.4, 0.5) is 5.82 Å². The molecule has 0 radical (unpaired) electrons. The summed E-state index contributed by atoms with van der Waals surface area (Å²) in [5, 5.41) is 42.7. The third-order valence-electron chi connectivity index (χ3n) is 5.43. The number of nitrogens with two attached hydrogens (primary N) is 1. The van der Waals surface area contributed by atoms with Crippen molar-refractivity contribution in [3.05, 3.63) is 12.0 Å². The van der Waals surface area contributed by atoms with E-state index in [1.165, 1.54) is 0 Å². The van der Waals surface area contributed by atoms with Crippen molar-refractivity contribution in [1.82, 2.24) is 9.55 Å². The molecule has 0 spiro atoms. The first-order valence-corrected chi connectivity index (χ1v) is 8.98. The average molecular weight is 446 g/mol. The molecule has 0 amide bonds. The van der Waals surface area contributed by atoms with E-state index >= 15 is 0 Å². The number of ketones is 3. The molecule has 0 aliphatic carbocycles. The molecule has 164 valence electrons. The lowest BCUT2D eigenvalue weighted by molar-refractivity contribution is -0.206. The van der Waals surface area contributed by atoms with Crippen molar-refractivity contribution in [3.63, 3.8) is 0 Å². The number of nitrogens with one attached hydrogen (secondary N) is 1. The fourth-order valence-electron chi connectivity index (χ4n) is 4.07. The third kappa shape index (κ3) is 2.38. The van der Waals surface area contributed by atoms with Crippen LogP contribution < -0.4 is 11.1 Å². The zero-order chi connectivity index (χ0) is 22.9. The minimum absolute atomic E-state index is 0.306. The van der Waals surface area contributed by atoms with Crippen LogP contribution >= 0.6 is 11.6 Å². The third-order valence-corrected chi connectivity index (χ3v) is 5.70. The number of alkyl halides is 1. The van der Waals surface area contributed by atoms with Crippen LogP contribution in [0.2, 0.25) is 0 Å². The first-order valence-electron chi connectivity index (χ1n) is 8.60. The number of hydrogen-bond donors (Lipinski definition) is 6. The highest BCUT2D eigenvalue weighted by atomic mass is 35.5. The van der Waals surface area contributed by atoms with Crippen molar-refractivity contribution in [2.24, 2.45) is 10.7 Å². The van der Waals surface area contributed by atoms with Gasteiger partial charge in [-0.25, -0.2) is 4.98 Å². The minimum atomic E-state index is -3.21. The number of fused-ring (bicyclic) bond motifs is 1. The number of nitrogens with zero attached hydrogens (tertiary/aromatic N) is 3. The largest absolute Gasteiger partial charge is 0.394 e. The number of Topliss-reactive ketones (excluding diaryl/α,β-unsaturated/α-hetero) is 3. The number of aliphatic hydroxyl groups is 4. The second-order valence-corrected chi connectivity index (χ2v) is 7.63. The lowest BCUT2D eigenvalue weighted by atomic mass is 9.69. The number of rotatable bonds is 5. The van der Waals surface area contributed by atoms with Gasteiger partial charge in [-0.15, -0.1) is 0 Å². The van der Waals surface area contributed by atoms with Gasteiger partial charge in [0, 0.05) is 0 Å². The minimum Gasteiger partial charge on any atom is -0.394 e. The Morgan fingerprint density at radius 1 is 1.23 bits per heavy atom. The standard InChI is InChI=1S/C16H20ClN5O8/c1-6(24)13(27)9(4-23)30-15(8(3)26,14(13,28)7(2)25)22-5-19-10-11(22)20-12(18)21-16(10,17)29/h5,9,23,27-29H,4H2,1-3H3,(H3,18,20,21)/t9-,13-,14-,15-,16?/m1/s1. The number of ether oxygens (including phenoxy) is 1. The summed E-state index contributed by atoms with van der Waals surface area (Å²) in [4.78, 5) is 45.4. The molecule has 1 aromatic heterocycles. The normalized spacial score (nSPS) is 37.9. The molecule has 0 aromatic carbocycles. The molecule has 1 fully saturated rings. The number of hydrogen-bond acceptors (Lipinski definition) is 12. The van der Waals surface area contributed by atoms with Crippen LogP contribution in [0.15, 0.2) is 11.3 Å². The highest BCUT2D eigenvalue weighted by molar-refractivity contribution is 6.24. The Hall–Kier alpha value is -2.42. The SMILES string of the molecule is CC(=O)[C@@]1(O)[C@@](O)(C(C)=O)[C@@H](CO)O[C@@]1(C(C)=O)n1cnc2c1NC(N)=NC2(O)Cl. The number of aromatic nitrogens is 2. The maximum absolute atomic E-state index is 12.9. The van der Waals surface area contributed by atoms with Gasteiger partial charge in [0.25, 0.3) is 5.18 Å². The predicted octanol–water partition coefficient (Wildman–Crippen LogP) is -2.76. The number of anilines is 1. The van der Waals surface area contributed by atoms with Gasteiger partial charge in [0.2, 0.25) is 11.3 Å². The Balaban J connectivity index is 2.42. The van der Waals surface area contributed by atoms with Crippen LogP contribution in [-0.2, 0) is 30.0 Å². The molecule has 2 aliphatic rings. The van der Waals surface area contributed by atoms with Gasteiger partial charge >= 0.3 is 0 Å². The van der Waals surface area contributed by atoms with Gasteiger partial charge < -0.3 is 36.2 Å². The van der Waals surface area contributed by atoms with Crippen molar-refractivity contribution in [3.8, 4) is 0 Å². The molecule has 1 unspecified atom stereocenters. The Bertz CT molecular complexity index is 992. The number of carbonyl (C=O) groups excluding carboxylic acids is 3. The van der Waals surface area contributed by atoms with E-state index in [0.717, 1.165) is 31.7 Å². The summed E-state index contributed by atoms with van der Waals surface area (Å²) >= 11 is 5.91. The van der Waals surface area contributed by atoms with Crippen LogP contribution in [0.25, 0.3) is 0 Å². The maximum atomic E-state index is 12.9. The van der Waals surface area contributed by atoms with Crippen LogP contribution in [0, 0.1) is 0 Å². The van der Waals surface area contributed by atoms with Crippen molar-refractivity contribution < 1.29 is 39.5 Å². The second kappa shape index (κ2) is 6.54. The van der Waals surface area contributed by atoms with Crippen LogP contribution in [0.3, 0.4) is 0 Å². The maximum Gasteiger partial charge on any atom is 0.285 e. The number of halogens is 1. The van der Waals surface area contributed by atoms with Crippen molar-refractivity contribution >= 4 is 40.7 Å². The molecule has 7 N–H and O–H groups in total. The summed E-state index contributed by atoms with van der Waals surface area (Å²) in [6, 6.07) is 0. The summed E-state index contributed by atoms with van der Waals surface area (Å²) in [6.07, 6.45) is -1.01. The highest BCUT2D eigenvalue weighted by Gasteiger charge is 2.80. The molecule has 1 saturated heterocycles. The Labute approximate surface area is 174 Å². The van der Waals surface area contributed by atoms with Crippen molar-refractivity contribution in [2.45, 2.75) is 49.0 Å². The Morgan fingerprint density at radius 2 is 1.83 bits per heavy atom. The summed E-state index contributed by atoms with van der Waals surface area (Å²) < 4.78 is 6.33. The molecule has 13 nitrogen and oxygen atoms in total. The Kier molecular flexibility index (Phi) is 4.85. The zero-order valence-corrected chi connectivity index (χ0v) is 16.8. The molecule has 1 aromatic rings. The van der Waals surface area contributed by atoms with E-state index in [1.807, 2.05) is 0 Å². The van der Waals surface area contributed by atoms with Crippen LogP contribution in [0.5, 0.6) is 0 Å². The molecule has 14 heteroatoms. The molecule has 30 heavy (non-hydrogen) atoms. The van der Waals surface area contributed by atoms with Crippen LogP contribution in [0.1, 0.15) is 26.5 Å². The molecule has 3 rings (SSSR count). The summed E-state index contributed by atoms with van der Waals surface area (Å²) in [5.74, 6) is -4.12. The number of aliphatic imine (C=N–C) groups is 1. The van der Waals surface area contributed by atoms with Crippen molar-refractivity contribution in [1.29, 1.82) is 0 Å². The topological polar surface area (TPSA) is 210 Å².